The van der Waals surface area contributed by atoms with Crippen LogP contribution in [-0.2, 0) is 9.59 Å². The number of carbonyl (C=O) groups is 2. The van der Waals surface area contributed by atoms with Crippen LogP contribution < -0.4 is 4.74 Å². The molecule has 2 rings (SSSR count). The van der Waals surface area contributed by atoms with E-state index in [2.05, 4.69) is 15.9 Å². The van der Waals surface area contributed by atoms with Gasteiger partial charge < -0.3 is 14.7 Å². The first-order valence-corrected chi connectivity index (χ1v) is 8.45. The van der Waals surface area contributed by atoms with Crippen molar-refractivity contribution in [3.63, 3.8) is 0 Å². The lowest BCUT2D eigenvalue weighted by Gasteiger charge is -2.24. The number of hydrogen-bond acceptors (Lipinski definition) is 4. The van der Waals surface area contributed by atoms with Gasteiger partial charge in [-0.1, -0.05) is 11.6 Å². The molecule has 114 valence electrons. The molecule has 0 spiro atoms. The number of carbonyl (C=O) groups excluding carboxylic acids is 1. The molecule has 0 aliphatic carbocycles. The summed E-state index contributed by atoms with van der Waals surface area (Å²) in [6.07, 6.45) is -0.775. The summed E-state index contributed by atoms with van der Waals surface area (Å²) in [5.41, 5.74) is 0. The van der Waals surface area contributed by atoms with Gasteiger partial charge in [-0.25, -0.2) is 4.79 Å². The van der Waals surface area contributed by atoms with Gasteiger partial charge in [-0.15, -0.1) is 11.8 Å². The normalized spacial score (nSPS) is 19.4. The molecule has 1 N–H and O–H groups in total. The zero-order valence-corrected chi connectivity index (χ0v) is 14.2. The lowest BCUT2D eigenvalue weighted by molar-refractivity contribution is -0.150. The first-order chi connectivity index (χ1) is 9.90. The lowest BCUT2D eigenvalue weighted by Crippen LogP contribution is -2.47. The van der Waals surface area contributed by atoms with Crippen LogP contribution in [-0.4, -0.2) is 45.7 Å². The summed E-state index contributed by atoms with van der Waals surface area (Å²) >= 11 is 10.6. The first kappa shape index (κ1) is 16.5. The molecule has 1 unspecified atom stereocenters. The van der Waals surface area contributed by atoms with Gasteiger partial charge >= 0.3 is 5.97 Å². The maximum Gasteiger partial charge on any atom is 0.327 e. The Balaban J connectivity index is 2.07. The molecular formula is C13H13BrClNO4S. The SMILES string of the molecule is CC(Oc1ccc(Cl)cc1Br)C(=O)N1CSC[C@H]1C(=O)O. The Bertz CT molecular complexity index is 571. The van der Waals surface area contributed by atoms with Crippen molar-refractivity contribution in [2.75, 3.05) is 11.6 Å². The predicted molar refractivity (Wildman–Crippen MR) is 84.8 cm³/mol. The fraction of sp³-hybridized carbons (Fsp3) is 0.385. The molecule has 5 nitrogen and oxygen atoms in total. The minimum absolute atomic E-state index is 0.339. The predicted octanol–water partition coefficient (Wildman–Crippen LogP) is 2.86. The summed E-state index contributed by atoms with van der Waals surface area (Å²) < 4.78 is 6.24. The number of halogens is 2. The minimum atomic E-state index is -0.992. The highest BCUT2D eigenvalue weighted by atomic mass is 79.9. The Kier molecular flexibility index (Phi) is 5.40. The molecule has 0 aromatic heterocycles. The van der Waals surface area contributed by atoms with E-state index in [9.17, 15) is 9.59 Å². The second-order valence-electron chi connectivity index (χ2n) is 4.50. The van der Waals surface area contributed by atoms with Gasteiger partial charge in [-0.3, -0.25) is 4.79 Å². The van der Waals surface area contributed by atoms with Crippen molar-refractivity contribution in [1.29, 1.82) is 0 Å². The molecular weight excluding hydrogens is 382 g/mol. The van der Waals surface area contributed by atoms with E-state index in [1.54, 1.807) is 25.1 Å². The van der Waals surface area contributed by atoms with Gasteiger partial charge in [-0.2, -0.15) is 0 Å². The lowest BCUT2D eigenvalue weighted by atomic mass is 10.2. The topological polar surface area (TPSA) is 66.8 Å². The van der Waals surface area contributed by atoms with Gasteiger partial charge in [0.2, 0.25) is 0 Å². The Labute approximate surface area is 139 Å². The number of ether oxygens (including phenoxy) is 1. The molecule has 2 atom stereocenters. The fourth-order valence-corrected chi connectivity index (χ4v) is 3.84. The van der Waals surface area contributed by atoms with Crippen LogP contribution in [0.1, 0.15) is 6.92 Å². The molecule has 8 heteroatoms. The van der Waals surface area contributed by atoms with Gasteiger partial charge in [0.25, 0.3) is 5.91 Å². The summed E-state index contributed by atoms with van der Waals surface area (Å²) in [5.74, 6) is -0.0783. The van der Waals surface area contributed by atoms with Crippen molar-refractivity contribution in [3.05, 3.63) is 27.7 Å². The van der Waals surface area contributed by atoms with E-state index in [0.717, 1.165) is 0 Å². The summed E-state index contributed by atoms with van der Waals surface area (Å²) in [5, 5.41) is 9.66. The maximum absolute atomic E-state index is 12.3. The number of carboxylic acids is 1. The van der Waals surface area contributed by atoms with Gasteiger partial charge in [0.15, 0.2) is 6.10 Å². The molecule has 1 aromatic rings. The van der Waals surface area contributed by atoms with Crippen LogP contribution in [0.4, 0.5) is 0 Å². The molecule has 1 aliphatic rings. The van der Waals surface area contributed by atoms with E-state index in [-0.39, 0.29) is 5.91 Å². The molecule has 1 aromatic carbocycles. The molecule has 21 heavy (non-hydrogen) atoms. The van der Waals surface area contributed by atoms with Crippen molar-refractivity contribution in [2.45, 2.75) is 19.1 Å². The van der Waals surface area contributed by atoms with Crippen LogP contribution in [0.3, 0.4) is 0 Å². The molecule has 1 aliphatic heterocycles. The quantitative estimate of drug-likeness (QED) is 0.850. The average molecular weight is 395 g/mol. The van der Waals surface area contributed by atoms with Crippen LogP contribution in [0, 0.1) is 0 Å². The summed E-state index contributed by atoms with van der Waals surface area (Å²) in [6.45, 7) is 1.60. The van der Waals surface area contributed by atoms with E-state index >= 15 is 0 Å². The van der Waals surface area contributed by atoms with Gasteiger partial charge in [0.1, 0.15) is 11.8 Å². The molecule has 1 saturated heterocycles. The molecule has 0 radical (unpaired) electrons. The molecule has 0 bridgehead atoms. The third-order valence-electron chi connectivity index (χ3n) is 3.00. The van der Waals surface area contributed by atoms with Crippen molar-refractivity contribution >= 4 is 51.2 Å². The molecule has 1 heterocycles. The third kappa shape index (κ3) is 3.84. The van der Waals surface area contributed by atoms with E-state index in [1.807, 2.05) is 0 Å². The minimum Gasteiger partial charge on any atom is -0.480 e. The average Bonchev–Trinajstić information content (AvgIpc) is 2.90. The van der Waals surface area contributed by atoms with Crippen LogP contribution in [0.25, 0.3) is 0 Å². The number of aliphatic carboxylic acids is 1. The zero-order chi connectivity index (χ0) is 15.6. The second-order valence-corrected chi connectivity index (χ2v) is 6.79. The Morgan fingerprint density at radius 1 is 1.57 bits per heavy atom. The van der Waals surface area contributed by atoms with E-state index in [1.165, 1.54) is 16.7 Å². The number of amides is 1. The van der Waals surface area contributed by atoms with Crippen LogP contribution >= 0.6 is 39.3 Å². The van der Waals surface area contributed by atoms with Crippen LogP contribution in [0.15, 0.2) is 22.7 Å². The van der Waals surface area contributed by atoms with Crippen molar-refractivity contribution in [2.24, 2.45) is 0 Å². The summed E-state index contributed by atoms with van der Waals surface area (Å²) in [6, 6.07) is 4.19. The van der Waals surface area contributed by atoms with Gasteiger partial charge in [0, 0.05) is 10.8 Å². The fourth-order valence-electron chi connectivity index (χ4n) is 1.91. The first-order valence-electron chi connectivity index (χ1n) is 6.13. The maximum atomic E-state index is 12.3. The number of rotatable bonds is 4. The van der Waals surface area contributed by atoms with Crippen molar-refractivity contribution < 1.29 is 19.4 Å². The van der Waals surface area contributed by atoms with E-state index in [0.29, 0.717) is 26.9 Å². The number of hydrogen-bond donors (Lipinski definition) is 1. The number of carboxylic acid groups (broad SMARTS) is 1. The Hall–Kier alpha value is -0.920. The number of thioether (sulfide) groups is 1. The summed E-state index contributed by atoms with van der Waals surface area (Å²) in [7, 11) is 0. The highest BCUT2D eigenvalue weighted by molar-refractivity contribution is 9.10. The highest BCUT2D eigenvalue weighted by Gasteiger charge is 2.37. The van der Waals surface area contributed by atoms with Crippen molar-refractivity contribution in [3.8, 4) is 5.75 Å². The Morgan fingerprint density at radius 3 is 2.90 bits per heavy atom. The Morgan fingerprint density at radius 2 is 2.29 bits per heavy atom. The molecule has 1 fully saturated rings. The monoisotopic (exact) mass is 393 g/mol. The van der Waals surface area contributed by atoms with E-state index in [4.69, 9.17) is 21.4 Å². The third-order valence-corrected chi connectivity index (χ3v) is 4.86. The van der Waals surface area contributed by atoms with Gasteiger partial charge in [-0.05, 0) is 41.1 Å². The van der Waals surface area contributed by atoms with Gasteiger partial charge in [0.05, 0.1) is 10.3 Å². The largest absolute Gasteiger partial charge is 0.480 e. The van der Waals surface area contributed by atoms with E-state index < -0.39 is 18.1 Å². The van der Waals surface area contributed by atoms with Crippen LogP contribution in [0.2, 0.25) is 5.02 Å². The smallest absolute Gasteiger partial charge is 0.327 e. The standard InChI is InChI=1S/C13H13BrClNO4S/c1-7(20-11-3-2-8(15)4-9(11)14)12(17)16-6-21-5-10(16)13(18)19/h2-4,7,10H,5-6H2,1H3,(H,18,19)/t7?,10-/m0/s1. The number of nitrogens with zero attached hydrogens (tertiary/aromatic N) is 1. The second kappa shape index (κ2) is 6.89. The zero-order valence-electron chi connectivity index (χ0n) is 11.1. The molecule has 0 saturated carbocycles. The summed E-state index contributed by atoms with van der Waals surface area (Å²) in [4.78, 5) is 24.8. The van der Waals surface area contributed by atoms with Crippen molar-refractivity contribution in [1.82, 2.24) is 4.90 Å². The highest BCUT2D eigenvalue weighted by Crippen LogP contribution is 2.29. The molecule has 1 amide bonds. The van der Waals surface area contributed by atoms with Crippen LogP contribution in [0.5, 0.6) is 5.75 Å². The number of benzene rings is 1.